The minimum absolute atomic E-state index is 0.170. The van der Waals surface area contributed by atoms with Crippen molar-refractivity contribution >= 4 is 0 Å². The topological polar surface area (TPSA) is 79.2 Å². The van der Waals surface area contributed by atoms with Crippen LogP contribution in [-0.2, 0) is 4.74 Å². The van der Waals surface area contributed by atoms with Crippen molar-refractivity contribution in [2.75, 3.05) is 13.2 Å². The van der Waals surface area contributed by atoms with Crippen LogP contribution in [0.2, 0.25) is 0 Å². The van der Waals surface area contributed by atoms with Crippen molar-refractivity contribution in [1.82, 2.24) is 0 Å². The normalized spacial score (nSPS) is 28.8. The molecule has 22 heavy (non-hydrogen) atoms. The van der Waals surface area contributed by atoms with E-state index in [1.807, 2.05) is 24.3 Å². The first-order valence-electron chi connectivity index (χ1n) is 7.86. The third-order valence-electron chi connectivity index (χ3n) is 3.92. The average Bonchev–Trinajstić information content (AvgIpc) is 2.50. The molecule has 1 heterocycles. The van der Waals surface area contributed by atoms with Gasteiger partial charge in [-0.3, -0.25) is 0 Å². The zero-order chi connectivity index (χ0) is 16.1. The lowest BCUT2D eigenvalue weighted by molar-refractivity contribution is -0.179. The van der Waals surface area contributed by atoms with E-state index in [9.17, 15) is 15.3 Å². The smallest absolute Gasteiger partial charge is 0.119 e. The summed E-state index contributed by atoms with van der Waals surface area (Å²) in [6, 6.07) is 7.32. The number of aliphatic hydroxyl groups is 3. The Morgan fingerprint density at radius 1 is 1.23 bits per heavy atom. The van der Waals surface area contributed by atoms with Gasteiger partial charge in [-0.15, -0.1) is 0 Å². The third-order valence-corrected chi connectivity index (χ3v) is 3.92. The minimum atomic E-state index is -0.990. The van der Waals surface area contributed by atoms with Gasteiger partial charge in [-0.05, 0) is 30.0 Å². The predicted molar refractivity (Wildman–Crippen MR) is 82.7 cm³/mol. The summed E-state index contributed by atoms with van der Waals surface area (Å²) >= 11 is 0. The fourth-order valence-electron chi connectivity index (χ4n) is 2.51. The summed E-state index contributed by atoms with van der Waals surface area (Å²) < 4.78 is 11.3. The van der Waals surface area contributed by atoms with Gasteiger partial charge >= 0.3 is 0 Å². The van der Waals surface area contributed by atoms with Crippen LogP contribution in [0.5, 0.6) is 5.75 Å². The Labute approximate surface area is 131 Å². The molecule has 1 aliphatic rings. The van der Waals surface area contributed by atoms with E-state index in [0.717, 1.165) is 17.7 Å². The molecule has 0 amide bonds. The number of hydrogen-bond donors (Lipinski definition) is 3. The summed E-state index contributed by atoms with van der Waals surface area (Å²) in [5, 5.41) is 29.2. The van der Waals surface area contributed by atoms with Gasteiger partial charge in [-0.1, -0.05) is 26.0 Å². The molecule has 1 aromatic carbocycles. The summed E-state index contributed by atoms with van der Waals surface area (Å²) in [6.07, 6.45) is -1.73. The highest BCUT2D eigenvalue weighted by atomic mass is 16.5. The molecule has 0 saturated carbocycles. The largest absolute Gasteiger partial charge is 0.494 e. The second-order valence-corrected chi connectivity index (χ2v) is 6.25. The Kier molecular flexibility index (Phi) is 6.20. The Hall–Kier alpha value is -1.14. The number of hydrogen-bond acceptors (Lipinski definition) is 5. The van der Waals surface area contributed by atoms with E-state index in [2.05, 4.69) is 13.8 Å². The van der Waals surface area contributed by atoms with Gasteiger partial charge in [0.1, 0.15) is 18.0 Å². The van der Waals surface area contributed by atoms with Crippen LogP contribution < -0.4 is 4.74 Å². The zero-order valence-electron chi connectivity index (χ0n) is 13.2. The zero-order valence-corrected chi connectivity index (χ0v) is 13.2. The van der Waals surface area contributed by atoms with Gasteiger partial charge in [0.15, 0.2) is 0 Å². The molecule has 4 unspecified atom stereocenters. The summed E-state index contributed by atoms with van der Waals surface area (Å²) in [5.74, 6) is 1.37. The summed E-state index contributed by atoms with van der Waals surface area (Å²) in [5.41, 5.74) is 0.765. The quantitative estimate of drug-likeness (QED) is 0.744. The maximum absolute atomic E-state index is 10.1. The van der Waals surface area contributed by atoms with Crippen LogP contribution in [-0.4, -0.2) is 46.8 Å². The number of benzene rings is 1. The van der Waals surface area contributed by atoms with Gasteiger partial charge in [0, 0.05) is 6.42 Å². The molecule has 1 aromatic rings. The molecule has 0 bridgehead atoms. The van der Waals surface area contributed by atoms with Crippen molar-refractivity contribution in [2.45, 2.75) is 51.1 Å². The SMILES string of the molecule is CC(C)CCOc1ccc(C2OC(CO)CC(O)C2O)cc1. The average molecular weight is 310 g/mol. The Bertz CT molecular complexity index is 445. The van der Waals surface area contributed by atoms with E-state index in [0.29, 0.717) is 12.5 Å². The van der Waals surface area contributed by atoms with E-state index in [4.69, 9.17) is 9.47 Å². The Balaban J connectivity index is 1.99. The monoisotopic (exact) mass is 310 g/mol. The van der Waals surface area contributed by atoms with Crippen LogP contribution in [0.25, 0.3) is 0 Å². The van der Waals surface area contributed by atoms with Crippen LogP contribution in [0.3, 0.4) is 0 Å². The van der Waals surface area contributed by atoms with Gasteiger partial charge < -0.3 is 24.8 Å². The number of ether oxygens (including phenoxy) is 2. The van der Waals surface area contributed by atoms with E-state index in [1.54, 1.807) is 0 Å². The van der Waals surface area contributed by atoms with E-state index in [-0.39, 0.29) is 13.0 Å². The lowest BCUT2D eigenvalue weighted by Crippen LogP contribution is -2.44. The molecule has 1 saturated heterocycles. The molecule has 3 N–H and O–H groups in total. The fraction of sp³-hybridized carbons (Fsp3) is 0.647. The van der Waals surface area contributed by atoms with Crippen molar-refractivity contribution in [3.8, 4) is 5.75 Å². The van der Waals surface area contributed by atoms with E-state index in [1.165, 1.54) is 0 Å². The van der Waals surface area contributed by atoms with Crippen molar-refractivity contribution in [2.24, 2.45) is 5.92 Å². The molecule has 5 nitrogen and oxygen atoms in total. The molecule has 0 aliphatic carbocycles. The van der Waals surface area contributed by atoms with E-state index < -0.39 is 24.4 Å². The lowest BCUT2D eigenvalue weighted by atomic mass is 9.93. The first kappa shape index (κ1) is 17.2. The first-order valence-corrected chi connectivity index (χ1v) is 7.86. The molecule has 0 aromatic heterocycles. The van der Waals surface area contributed by atoms with Crippen LogP contribution in [0.4, 0.5) is 0 Å². The van der Waals surface area contributed by atoms with Crippen molar-refractivity contribution < 1.29 is 24.8 Å². The minimum Gasteiger partial charge on any atom is -0.494 e. The van der Waals surface area contributed by atoms with Gasteiger partial charge in [-0.2, -0.15) is 0 Å². The second-order valence-electron chi connectivity index (χ2n) is 6.25. The molecule has 1 aliphatic heterocycles. The molecule has 1 fully saturated rings. The van der Waals surface area contributed by atoms with Gasteiger partial charge in [0.25, 0.3) is 0 Å². The lowest BCUT2D eigenvalue weighted by Gasteiger charge is -2.36. The van der Waals surface area contributed by atoms with Crippen LogP contribution in [0, 0.1) is 5.92 Å². The molecule has 5 heteroatoms. The number of rotatable bonds is 6. The van der Waals surface area contributed by atoms with Gasteiger partial charge in [-0.25, -0.2) is 0 Å². The maximum atomic E-state index is 10.1. The molecule has 0 spiro atoms. The van der Waals surface area contributed by atoms with Crippen LogP contribution >= 0.6 is 0 Å². The molecule has 124 valence electrons. The third kappa shape index (κ3) is 4.43. The van der Waals surface area contributed by atoms with Gasteiger partial charge in [0.2, 0.25) is 0 Å². The van der Waals surface area contributed by atoms with Crippen molar-refractivity contribution in [1.29, 1.82) is 0 Å². The molecular weight excluding hydrogens is 284 g/mol. The standard InChI is InChI=1S/C17H26O5/c1-11(2)7-8-21-13-5-3-12(4-6-13)17-16(20)15(19)9-14(10-18)22-17/h3-6,11,14-20H,7-10H2,1-2H3. The summed E-state index contributed by atoms with van der Waals surface area (Å²) in [6.45, 7) is 4.80. The molecule has 2 rings (SSSR count). The first-order chi connectivity index (χ1) is 10.5. The van der Waals surface area contributed by atoms with Crippen LogP contribution in [0.15, 0.2) is 24.3 Å². The van der Waals surface area contributed by atoms with Crippen molar-refractivity contribution in [3.05, 3.63) is 29.8 Å². The maximum Gasteiger partial charge on any atom is 0.119 e. The van der Waals surface area contributed by atoms with Crippen molar-refractivity contribution in [3.63, 3.8) is 0 Å². The highest BCUT2D eigenvalue weighted by Gasteiger charge is 2.37. The highest BCUT2D eigenvalue weighted by Crippen LogP contribution is 2.32. The predicted octanol–water partition coefficient (Wildman–Crippen LogP) is 1.66. The Morgan fingerprint density at radius 3 is 2.50 bits per heavy atom. The molecule has 0 radical (unpaired) electrons. The van der Waals surface area contributed by atoms with Crippen LogP contribution in [0.1, 0.15) is 38.4 Å². The second kappa shape index (κ2) is 7.92. The fourth-order valence-corrected chi connectivity index (χ4v) is 2.51. The van der Waals surface area contributed by atoms with E-state index >= 15 is 0 Å². The highest BCUT2D eigenvalue weighted by molar-refractivity contribution is 5.29. The molecular formula is C17H26O5. The Morgan fingerprint density at radius 2 is 1.91 bits per heavy atom. The molecule has 4 atom stereocenters. The summed E-state index contributed by atoms with van der Waals surface area (Å²) in [7, 11) is 0. The number of aliphatic hydroxyl groups excluding tert-OH is 3. The van der Waals surface area contributed by atoms with Gasteiger partial charge in [0.05, 0.1) is 25.4 Å². The summed E-state index contributed by atoms with van der Waals surface area (Å²) in [4.78, 5) is 0.